The minimum Gasteiger partial charge on any atom is -0.432 e. The SMILES string of the molecule is C=C(C(=O)OC(CCC)OCCCC)C(=O)OC(CCC)OCCCC. The minimum absolute atomic E-state index is 0.342. The summed E-state index contributed by atoms with van der Waals surface area (Å²) in [6.07, 6.45) is 5.13. The minimum atomic E-state index is -0.811. The fraction of sp³-hybridized carbons (Fsp3) is 0.800. The van der Waals surface area contributed by atoms with Crippen LogP contribution in [-0.4, -0.2) is 37.7 Å². The lowest BCUT2D eigenvalue weighted by atomic mass is 10.3. The molecule has 0 radical (unpaired) electrons. The first-order valence-corrected chi connectivity index (χ1v) is 9.84. The average molecular weight is 373 g/mol. The molecule has 0 rings (SSSR count). The van der Waals surface area contributed by atoms with Gasteiger partial charge in [-0.2, -0.15) is 0 Å². The Morgan fingerprint density at radius 2 is 1.12 bits per heavy atom. The number of hydrogen-bond acceptors (Lipinski definition) is 6. The molecule has 0 aromatic rings. The van der Waals surface area contributed by atoms with Gasteiger partial charge in [0.1, 0.15) is 5.57 Å². The zero-order valence-electron chi connectivity index (χ0n) is 16.9. The van der Waals surface area contributed by atoms with Gasteiger partial charge in [-0.15, -0.1) is 0 Å². The molecule has 0 aliphatic heterocycles. The second kappa shape index (κ2) is 15.8. The number of ether oxygens (including phenoxy) is 4. The van der Waals surface area contributed by atoms with Gasteiger partial charge in [0.15, 0.2) is 0 Å². The predicted octanol–water partition coefficient (Wildman–Crippen LogP) is 4.51. The first kappa shape index (κ1) is 24.6. The lowest BCUT2D eigenvalue weighted by Crippen LogP contribution is -2.28. The van der Waals surface area contributed by atoms with Crippen LogP contribution < -0.4 is 0 Å². The lowest BCUT2D eigenvalue weighted by molar-refractivity contribution is -0.183. The van der Waals surface area contributed by atoms with Gasteiger partial charge in [0, 0.05) is 12.8 Å². The monoisotopic (exact) mass is 372 g/mol. The normalized spacial score (nSPS) is 13.1. The van der Waals surface area contributed by atoms with Gasteiger partial charge in [-0.1, -0.05) is 60.0 Å². The van der Waals surface area contributed by atoms with Crippen LogP contribution in [0.2, 0.25) is 0 Å². The number of esters is 2. The quantitative estimate of drug-likeness (QED) is 0.0991. The predicted molar refractivity (Wildman–Crippen MR) is 100 cm³/mol. The number of unbranched alkanes of at least 4 members (excludes halogenated alkanes) is 2. The van der Waals surface area contributed by atoms with Crippen LogP contribution in [0.5, 0.6) is 0 Å². The van der Waals surface area contributed by atoms with E-state index in [-0.39, 0.29) is 5.57 Å². The zero-order valence-corrected chi connectivity index (χ0v) is 16.9. The van der Waals surface area contributed by atoms with Gasteiger partial charge in [0.25, 0.3) is 0 Å². The van der Waals surface area contributed by atoms with Crippen LogP contribution in [0.25, 0.3) is 0 Å². The Bertz CT molecular complexity index is 371. The third-order valence-electron chi connectivity index (χ3n) is 3.62. The summed E-state index contributed by atoms with van der Waals surface area (Å²) in [6.45, 7) is 12.6. The number of hydrogen-bond donors (Lipinski definition) is 0. The molecule has 26 heavy (non-hydrogen) atoms. The Balaban J connectivity index is 4.55. The second-order valence-electron chi connectivity index (χ2n) is 6.17. The Morgan fingerprint density at radius 3 is 1.42 bits per heavy atom. The third kappa shape index (κ3) is 11.3. The van der Waals surface area contributed by atoms with Crippen molar-refractivity contribution in [2.24, 2.45) is 0 Å². The van der Waals surface area contributed by atoms with Crippen LogP contribution in [0, 0.1) is 0 Å². The van der Waals surface area contributed by atoms with Crippen molar-refractivity contribution in [3.05, 3.63) is 12.2 Å². The van der Waals surface area contributed by atoms with Crippen molar-refractivity contribution in [1.29, 1.82) is 0 Å². The Kier molecular flexibility index (Phi) is 15.0. The van der Waals surface area contributed by atoms with Crippen LogP contribution in [0.3, 0.4) is 0 Å². The molecule has 0 aromatic carbocycles. The molecule has 2 unspecified atom stereocenters. The van der Waals surface area contributed by atoms with Crippen LogP contribution in [0.1, 0.15) is 79.1 Å². The van der Waals surface area contributed by atoms with E-state index in [0.29, 0.717) is 26.1 Å². The first-order chi connectivity index (χ1) is 12.5. The Labute approximate surface area is 158 Å². The van der Waals surface area contributed by atoms with E-state index < -0.39 is 24.5 Å². The summed E-state index contributed by atoms with van der Waals surface area (Å²) in [5.74, 6) is -1.62. The van der Waals surface area contributed by atoms with Gasteiger partial charge in [0.2, 0.25) is 12.6 Å². The van der Waals surface area contributed by atoms with E-state index in [0.717, 1.165) is 38.5 Å². The summed E-state index contributed by atoms with van der Waals surface area (Å²) >= 11 is 0. The maximum absolute atomic E-state index is 12.2. The van der Waals surface area contributed by atoms with Gasteiger partial charge < -0.3 is 18.9 Å². The molecule has 6 nitrogen and oxygen atoms in total. The van der Waals surface area contributed by atoms with E-state index in [1.165, 1.54) is 0 Å². The Morgan fingerprint density at radius 1 is 0.731 bits per heavy atom. The molecule has 0 aromatic heterocycles. The Hall–Kier alpha value is -1.40. The summed E-state index contributed by atoms with van der Waals surface area (Å²) in [7, 11) is 0. The lowest BCUT2D eigenvalue weighted by Gasteiger charge is -2.20. The van der Waals surface area contributed by atoms with E-state index in [1.807, 2.05) is 13.8 Å². The summed E-state index contributed by atoms with van der Waals surface area (Å²) in [5, 5.41) is 0. The summed E-state index contributed by atoms with van der Waals surface area (Å²) in [6, 6.07) is 0. The van der Waals surface area contributed by atoms with Gasteiger partial charge in [0.05, 0.1) is 13.2 Å². The fourth-order valence-corrected chi connectivity index (χ4v) is 2.01. The molecule has 0 aliphatic carbocycles. The van der Waals surface area contributed by atoms with Gasteiger partial charge in [-0.25, -0.2) is 9.59 Å². The maximum Gasteiger partial charge on any atom is 0.347 e. The van der Waals surface area contributed by atoms with Crippen molar-refractivity contribution in [1.82, 2.24) is 0 Å². The highest BCUT2D eigenvalue weighted by Crippen LogP contribution is 2.12. The van der Waals surface area contributed by atoms with Gasteiger partial charge >= 0.3 is 11.9 Å². The van der Waals surface area contributed by atoms with E-state index >= 15 is 0 Å². The van der Waals surface area contributed by atoms with E-state index in [4.69, 9.17) is 18.9 Å². The molecule has 0 aliphatic rings. The van der Waals surface area contributed by atoms with Crippen molar-refractivity contribution in [3.8, 4) is 0 Å². The van der Waals surface area contributed by atoms with Crippen LogP contribution in [-0.2, 0) is 28.5 Å². The highest BCUT2D eigenvalue weighted by atomic mass is 16.7. The topological polar surface area (TPSA) is 71.1 Å². The molecule has 0 heterocycles. The van der Waals surface area contributed by atoms with E-state index in [9.17, 15) is 9.59 Å². The van der Waals surface area contributed by atoms with Gasteiger partial charge in [-0.3, -0.25) is 0 Å². The molecule has 0 amide bonds. The van der Waals surface area contributed by atoms with Crippen molar-refractivity contribution >= 4 is 11.9 Å². The third-order valence-corrected chi connectivity index (χ3v) is 3.62. The molecule has 0 saturated heterocycles. The molecule has 0 saturated carbocycles. The molecule has 0 bridgehead atoms. The van der Waals surface area contributed by atoms with Crippen molar-refractivity contribution < 1.29 is 28.5 Å². The fourth-order valence-electron chi connectivity index (χ4n) is 2.01. The van der Waals surface area contributed by atoms with Gasteiger partial charge in [-0.05, 0) is 12.8 Å². The number of carbonyl (C=O) groups excluding carboxylic acids is 2. The van der Waals surface area contributed by atoms with Crippen LogP contribution >= 0.6 is 0 Å². The molecule has 0 N–H and O–H groups in total. The molecule has 152 valence electrons. The standard InChI is InChI=1S/C20H36O6/c1-6-10-14-23-17(12-8-3)25-19(21)16(5)20(22)26-18(13-9-4)24-15-11-7-2/h17-18H,5-15H2,1-4H3. The largest absolute Gasteiger partial charge is 0.432 e. The number of rotatable bonds is 16. The maximum atomic E-state index is 12.2. The molecule has 0 fully saturated rings. The molecule has 0 spiro atoms. The average Bonchev–Trinajstić information content (AvgIpc) is 2.61. The van der Waals surface area contributed by atoms with Crippen LogP contribution in [0.4, 0.5) is 0 Å². The molecular formula is C20H36O6. The highest BCUT2D eigenvalue weighted by molar-refractivity contribution is 6.13. The molecule has 2 atom stereocenters. The molecular weight excluding hydrogens is 336 g/mol. The smallest absolute Gasteiger partial charge is 0.347 e. The number of carbonyl (C=O) groups is 2. The van der Waals surface area contributed by atoms with E-state index in [1.54, 1.807) is 0 Å². The molecule has 6 heteroatoms. The summed E-state index contributed by atoms with van der Waals surface area (Å²) < 4.78 is 21.6. The van der Waals surface area contributed by atoms with Crippen molar-refractivity contribution in [2.45, 2.75) is 91.6 Å². The first-order valence-electron chi connectivity index (χ1n) is 9.84. The van der Waals surface area contributed by atoms with Crippen molar-refractivity contribution in [2.75, 3.05) is 13.2 Å². The zero-order chi connectivity index (χ0) is 19.8. The second-order valence-corrected chi connectivity index (χ2v) is 6.17. The highest BCUT2D eigenvalue weighted by Gasteiger charge is 2.25. The van der Waals surface area contributed by atoms with Crippen LogP contribution in [0.15, 0.2) is 12.2 Å². The van der Waals surface area contributed by atoms with Crippen molar-refractivity contribution in [3.63, 3.8) is 0 Å². The summed E-state index contributed by atoms with van der Waals surface area (Å²) in [4.78, 5) is 24.3. The van der Waals surface area contributed by atoms with E-state index in [2.05, 4.69) is 20.4 Å². The summed E-state index contributed by atoms with van der Waals surface area (Å²) in [5.41, 5.74) is -0.342.